The molecule has 2 aliphatic heterocycles. The smallest absolute Gasteiger partial charge is 0.313 e. The summed E-state index contributed by atoms with van der Waals surface area (Å²) in [5.41, 5.74) is 2.21. The van der Waals surface area contributed by atoms with Crippen LogP contribution in [-0.2, 0) is 9.53 Å². The third-order valence-electron chi connectivity index (χ3n) is 5.18. The van der Waals surface area contributed by atoms with Gasteiger partial charge >= 0.3 is 5.97 Å². The topological polar surface area (TPSA) is 29.5 Å². The van der Waals surface area contributed by atoms with E-state index in [1.807, 2.05) is 31.2 Å². The number of carbonyl (C=O) groups is 1. The quantitative estimate of drug-likeness (QED) is 0.631. The molecule has 1 aromatic rings. The number of fused-ring (bicyclic) bond motifs is 2. The summed E-state index contributed by atoms with van der Waals surface area (Å²) in [4.78, 5) is 14.0. The van der Waals surface area contributed by atoms with Gasteiger partial charge in [0.2, 0.25) is 6.86 Å². The monoisotopic (exact) mass is 309 g/mol. The molecule has 2 aliphatic rings. The standard InChI is InChI=1S/C17H21F2NO2/c1-11-2-4-12(5-3-11)14-8-13-6-7-15(20(13)9-18)16(14)17(21)22-10-19/h2-5,13-16H,6-10H2,1H3/t13-,14-,15?,16?/m1/s1. The molecule has 2 heterocycles. The molecule has 1 aromatic carbocycles. The first-order chi connectivity index (χ1) is 10.7. The van der Waals surface area contributed by atoms with Crippen molar-refractivity contribution < 1.29 is 18.3 Å². The van der Waals surface area contributed by atoms with Crippen LogP contribution < -0.4 is 0 Å². The Morgan fingerprint density at radius 1 is 1.27 bits per heavy atom. The zero-order valence-corrected chi connectivity index (χ0v) is 12.7. The van der Waals surface area contributed by atoms with Crippen LogP contribution in [0.5, 0.6) is 0 Å². The van der Waals surface area contributed by atoms with Crippen molar-refractivity contribution in [3.8, 4) is 0 Å². The highest BCUT2D eigenvalue weighted by atomic mass is 19.1. The Labute approximate surface area is 129 Å². The van der Waals surface area contributed by atoms with Gasteiger partial charge < -0.3 is 4.74 Å². The minimum Gasteiger partial charge on any atom is -0.433 e. The minimum atomic E-state index is -1.12. The molecule has 120 valence electrons. The normalized spacial score (nSPS) is 31.2. The number of ether oxygens (including phenoxy) is 1. The Hall–Kier alpha value is -1.49. The van der Waals surface area contributed by atoms with Crippen LogP contribution in [0.4, 0.5) is 8.78 Å². The van der Waals surface area contributed by atoms with Gasteiger partial charge in [0.05, 0.1) is 5.92 Å². The van der Waals surface area contributed by atoms with Crippen LogP contribution in [-0.4, -0.2) is 36.6 Å². The van der Waals surface area contributed by atoms with Gasteiger partial charge in [-0.2, -0.15) is 0 Å². The molecule has 2 bridgehead atoms. The summed E-state index contributed by atoms with van der Waals surface area (Å²) < 4.78 is 30.4. The van der Waals surface area contributed by atoms with Gasteiger partial charge in [-0.1, -0.05) is 29.8 Å². The van der Waals surface area contributed by atoms with E-state index in [2.05, 4.69) is 4.74 Å². The van der Waals surface area contributed by atoms with Crippen molar-refractivity contribution in [3.05, 3.63) is 35.4 Å². The van der Waals surface area contributed by atoms with E-state index < -0.39 is 25.5 Å². The molecule has 0 amide bonds. The maximum atomic E-state index is 13.3. The third-order valence-corrected chi connectivity index (χ3v) is 5.18. The second kappa shape index (κ2) is 6.32. The predicted octanol–water partition coefficient (Wildman–Crippen LogP) is 3.33. The Morgan fingerprint density at radius 3 is 2.64 bits per heavy atom. The number of alkyl halides is 2. The summed E-state index contributed by atoms with van der Waals surface area (Å²) in [6.45, 7) is 0.325. The molecule has 0 aromatic heterocycles. The van der Waals surface area contributed by atoms with Crippen LogP contribution in [0.3, 0.4) is 0 Å². The maximum Gasteiger partial charge on any atom is 0.313 e. The second-order valence-corrected chi connectivity index (χ2v) is 6.28. The summed E-state index contributed by atoms with van der Waals surface area (Å²) in [6.07, 6.45) is 2.37. The molecule has 4 atom stereocenters. The fourth-order valence-electron chi connectivity index (χ4n) is 4.13. The molecular formula is C17H21F2NO2. The van der Waals surface area contributed by atoms with Crippen LogP contribution in [0, 0.1) is 12.8 Å². The molecule has 0 spiro atoms. The first kappa shape index (κ1) is 15.4. The van der Waals surface area contributed by atoms with E-state index in [1.54, 1.807) is 4.90 Å². The minimum absolute atomic E-state index is 0.0278. The SMILES string of the molecule is Cc1ccc([C@H]2C[C@H]3CCC(C2C(=O)OCF)N3CF)cc1. The number of hydrogen-bond donors (Lipinski definition) is 0. The van der Waals surface area contributed by atoms with E-state index in [1.165, 1.54) is 0 Å². The van der Waals surface area contributed by atoms with Gasteiger partial charge in [0.25, 0.3) is 0 Å². The average molecular weight is 309 g/mol. The van der Waals surface area contributed by atoms with E-state index in [4.69, 9.17) is 0 Å². The third kappa shape index (κ3) is 2.62. The molecule has 2 saturated heterocycles. The van der Waals surface area contributed by atoms with Gasteiger partial charge in [0.15, 0.2) is 0 Å². The largest absolute Gasteiger partial charge is 0.433 e. The van der Waals surface area contributed by atoms with E-state index in [0.717, 1.165) is 30.4 Å². The van der Waals surface area contributed by atoms with E-state index in [-0.39, 0.29) is 18.0 Å². The van der Waals surface area contributed by atoms with Crippen LogP contribution in [0.1, 0.15) is 36.3 Å². The number of aryl methyl sites for hydroxylation is 1. The average Bonchev–Trinajstić information content (AvgIpc) is 2.80. The number of hydrogen-bond acceptors (Lipinski definition) is 3. The fourth-order valence-corrected chi connectivity index (χ4v) is 4.13. The summed E-state index contributed by atoms with van der Waals surface area (Å²) in [5, 5.41) is 0. The number of piperidine rings is 1. The molecule has 3 rings (SSSR count). The van der Waals surface area contributed by atoms with Crippen LogP contribution in [0.25, 0.3) is 0 Å². The number of nitrogens with zero attached hydrogens (tertiary/aromatic N) is 1. The number of carbonyl (C=O) groups excluding carboxylic acids is 1. The number of halogens is 2. The van der Waals surface area contributed by atoms with Crippen LogP contribution in [0.2, 0.25) is 0 Å². The maximum absolute atomic E-state index is 13.3. The first-order valence-corrected chi connectivity index (χ1v) is 7.76. The molecule has 0 N–H and O–H groups in total. The molecule has 2 fully saturated rings. The second-order valence-electron chi connectivity index (χ2n) is 6.28. The molecule has 0 aliphatic carbocycles. The van der Waals surface area contributed by atoms with Crippen molar-refractivity contribution in [2.75, 3.05) is 13.7 Å². The van der Waals surface area contributed by atoms with Crippen molar-refractivity contribution >= 4 is 5.97 Å². The Balaban J connectivity index is 1.93. The van der Waals surface area contributed by atoms with Crippen molar-refractivity contribution in [1.29, 1.82) is 0 Å². The molecule has 2 unspecified atom stereocenters. The highest BCUT2D eigenvalue weighted by molar-refractivity contribution is 5.75. The van der Waals surface area contributed by atoms with Crippen LogP contribution in [0.15, 0.2) is 24.3 Å². The summed E-state index contributed by atoms with van der Waals surface area (Å²) >= 11 is 0. The molecular weight excluding hydrogens is 288 g/mol. The number of rotatable bonds is 4. The van der Waals surface area contributed by atoms with E-state index >= 15 is 0 Å². The molecule has 0 radical (unpaired) electrons. The highest BCUT2D eigenvalue weighted by Crippen LogP contribution is 2.47. The van der Waals surface area contributed by atoms with Gasteiger partial charge in [-0.05, 0) is 31.7 Å². The molecule has 5 heteroatoms. The lowest BCUT2D eigenvalue weighted by Gasteiger charge is -2.42. The Morgan fingerprint density at radius 2 is 2.00 bits per heavy atom. The van der Waals surface area contributed by atoms with Gasteiger partial charge in [0, 0.05) is 18.0 Å². The van der Waals surface area contributed by atoms with Gasteiger partial charge in [-0.3, -0.25) is 9.69 Å². The zero-order valence-electron chi connectivity index (χ0n) is 12.7. The van der Waals surface area contributed by atoms with Crippen molar-refractivity contribution in [2.45, 2.75) is 44.2 Å². The van der Waals surface area contributed by atoms with Gasteiger partial charge in [-0.15, -0.1) is 0 Å². The van der Waals surface area contributed by atoms with E-state index in [0.29, 0.717) is 0 Å². The Kier molecular flexibility index (Phi) is 4.43. The predicted molar refractivity (Wildman–Crippen MR) is 78.7 cm³/mol. The highest BCUT2D eigenvalue weighted by Gasteiger charge is 2.51. The van der Waals surface area contributed by atoms with Crippen molar-refractivity contribution in [1.82, 2.24) is 4.90 Å². The van der Waals surface area contributed by atoms with E-state index in [9.17, 15) is 13.6 Å². The molecule has 22 heavy (non-hydrogen) atoms. The summed E-state index contributed by atoms with van der Waals surface area (Å²) in [5.74, 6) is -1.07. The molecule has 3 nitrogen and oxygen atoms in total. The van der Waals surface area contributed by atoms with Gasteiger partial charge in [-0.25, -0.2) is 8.78 Å². The van der Waals surface area contributed by atoms with Gasteiger partial charge in [0.1, 0.15) is 6.80 Å². The summed E-state index contributed by atoms with van der Waals surface area (Å²) in [6, 6.07) is 8.03. The zero-order chi connectivity index (χ0) is 15.7. The number of esters is 1. The lowest BCUT2D eigenvalue weighted by atomic mass is 9.76. The number of benzene rings is 1. The van der Waals surface area contributed by atoms with Crippen molar-refractivity contribution in [2.24, 2.45) is 5.92 Å². The van der Waals surface area contributed by atoms with Crippen LogP contribution >= 0.6 is 0 Å². The lowest BCUT2D eigenvalue weighted by Crippen LogP contribution is -2.50. The lowest BCUT2D eigenvalue weighted by molar-refractivity contribution is -0.158. The fraction of sp³-hybridized carbons (Fsp3) is 0.588. The first-order valence-electron chi connectivity index (χ1n) is 7.76. The summed E-state index contributed by atoms with van der Waals surface area (Å²) in [7, 11) is 0. The molecule has 0 saturated carbocycles. The Bertz CT molecular complexity index is 534. The van der Waals surface area contributed by atoms with Crippen molar-refractivity contribution in [3.63, 3.8) is 0 Å².